The van der Waals surface area contributed by atoms with Crippen LogP contribution in [0.4, 0.5) is 5.69 Å². The smallest absolute Gasteiger partial charge is 0.121 e. The molecule has 0 saturated heterocycles. The molecule has 0 radical (unpaired) electrons. The third-order valence-electron chi connectivity index (χ3n) is 3.12. The van der Waals surface area contributed by atoms with E-state index in [1.165, 1.54) is 12.8 Å². The van der Waals surface area contributed by atoms with Gasteiger partial charge >= 0.3 is 0 Å². The largest absolute Gasteiger partial charge is 0.399 e. The molecule has 84 valence electrons. The lowest BCUT2D eigenvalue weighted by Gasteiger charge is -2.12. The first-order valence-electron chi connectivity index (χ1n) is 5.67. The van der Waals surface area contributed by atoms with E-state index in [2.05, 4.69) is 21.9 Å². The van der Waals surface area contributed by atoms with Gasteiger partial charge in [-0.3, -0.25) is 4.90 Å². The summed E-state index contributed by atoms with van der Waals surface area (Å²) in [6, 6.07) is 6.54. The van der Waals surface area contributed by atoms with Crippen LogP contribution in [0, 0.1) is 0 Å². The van der Waals surface area contributed by atoms with Crippen molar-refractivity contribution in [3.05, 3.63) is 24.0 Å². The van der Waals surface area contributed by atoms with E-state index in [4.69, 9.17) is 5.73 Å². The quantitative estimate of drug-likeness (QED) is 0.768. The number of rotatable bonds is 3. The van der Waals surface area contributed by atoms with Crippen molar-refractivity contribution in [3.63, 3.8) is 0 Å². The molecule has 1 aliphatic carbocycles. The van der Waals surface area contributed by atoms with Crippen molar-refractivity contribution >= 4 is 16.7 Å². The van der Waals surface area contributed by atoms with E-state index < -0.39 is 0 Å². The highest BCUT2D eigenvalue weighted by Gasteiger charge is 2.26. The first kappa shape index (κ1) is 9.66. The molecule has 1 heterocycles. The van der Waals surface area contributed by atoms with Crippen molar-refractivity contribution in [3.8, 4) is 0 Å². The number of aromatic nitrogens is 2. The number of benzene rings is 1. The first-order valence-corrected chi connectivity index (χ1v) is 5.67. The zero-order valence-corrected chi connectivity index (χ0v) is 9.40. The SMILES string of the molecule is CN(Cc1nc2ccc(N)cc2[nH]1)C1CC1. The monoisotopic (exact) mass is 216 g/mol. The number of aromatic amines is 1. The Kier molecular flexibility index (Phi) is 2.11. The van der Waals surface area contributed by atoms with E-state index in [0.29, 0.717) is 0 Å². The summed E-state index contributed by atoms with van der Waals surface area (Å²) in [6.45, 7) is 0.888. The molecule has 0 aliphatic heterocycles. The summed E-state index contributed by atoms with van der Waals surface area (Å²) in [7, 11) is 2.15. The van der Waals surface area contributed by atoms with E-state index in [1.54, 1.807) is 0 Å². The van der Waals surface area contributed by atoms with Crippen LogP contribution in [0.3, 0.4) is 0 Å². The number of imidazole rings is 1. The first-order chi connectivity index (χ1) is 7.72. The lowest BCUT2D eigenvalue weighted by molar-refractivity contribution is 0.309. The molecule has 0 unspecified atom stereocenters. The molecule has 4 heteroatoms. The lowest BCUT2D eigenvalue weighted by Crippen LogP contribution is -2.20. The maximum atomic E-state index is 5.73. The van der Waals surface area contributed by atoms with Gasteiger partial charge in [-0.15, -0.1) is 0 Å². The number of fused-ring (bicyclic) bond motifs is 1. The number of hydrogen-bond acceptors (Lipinski definition) is 3. The van der Waals surface area contributed by atoms with E-state index in [-0.39, 0.29) is 0 Å². The normalized spacial score (nSPS) is 16.1. The molecule has 0 bridgehead atoms. The van der Waals surface area contributed by atoms with Gasteiger partial charge in [0.2, 0.25) is 0 Å². The molecule has 0 amide bonds. The predicted molar refractivity (Wildman–Crippen MR) is 65.0 cm³/mol. The van der Waals surface area contributed by atoms with Gasteiger partial charge in [0.1, 0.15) is 5.82 Å². The molecule has 0 spiro atoms. The summed E-state index contributed by atoms with van der Waals surface area (Å²) >= 11 is 0. The summed E-state index contributed by atoms with van der Waals surface area (Å²) in [5.41, 5.74) is 8.53. The van der Waals surface area contributed by atoms with Crippen LogP contribution in [-0.2, 0) is 6.54 Å². The molecule has 1 aliphatic rings. The molecule has 0 atom stereocenters. The van der Waals surface area contributed by atoms with E-state index >= 15 is 0 Å². The summed E-state index contributed by atoms with van der Waals surface area (Å²) in [6.07, 6.45) is 2.65. The second-order valence-electron chi connectivity index (χ2n) is 4.61. The maximum absolute atomic E-state index is 5.73. The Hall–Kier alpha value is -1.55. The fourth-order valence-electron chi connectivity index (χ4n) is 2.04. The Bertz CT molecular complexity index is 513. The molecule has 3 N–H and O–H groups in total. The Balaban J connectivity index is 1.86. The summed E-state index contributed by atoms with van der Waals surface area (Å²) in [5, 5.41) is 0. The highest BCUT2D eigenvalue weighted by atomic mass is 15.2. The van der Waals surface area contributed by atoms with Gasteiger partial charge < -0.3 is 10.7 Å². The Morgan fingerprint density at radius 1 is 1.50 bits per heavy atom. The zero-order valence-electron chi connectivity index (χ0n) is 9.40. The van der Waals surface area contributed by atoms with Crippen molar-refractivity contribution in [1.29, 1.82) is 0 Å². The minimum atomic E-state index is 0.762. The minimum absolute atomic E-state index is 0.762. The van der Waals surface area contributed by atoms with Crippen molar-refractivity contribution in [2.75, 3.05) is 12.8 Å². The van der Waals surface area contributed by atoms with Crippen molar-refractivity contribution < 1.29 is 0 Å². The lowest BCUT2D eigenvalue weighted by atomic mass is 10.3. The second-order valence-corrected chi connectivity index (χ2v) is 4.61. The molecule has 1 saturated carbocycles. The Labute approximate surface area is 94.5 Å². The fourth-order valence-corrected chi connectivity index (χ4v) is 2.04. The number of nitrogens with one attached hydrogen (secondary N) is 1. The van der Waals surface area contributed by atoms with E-state index in [9.17, 15) is 0 Å². The average molecular weight is 216 g/mol. The van der Waals surface area contributed by atoms with Gasteiger partial charge in [0.05, 0.1) is 17.6 Å². The molecule has 1 aromatic carbocycles. The molecular weight excluding hydrogens is 200 g/mol. The molecule has 1 fully saturated rings. The van der Waals surface area contributed by atoms with Gasteiger partial charge in [-0.1, -0.05) is 0 Å². The van der Waals surface area contributed by atoms with Crippen LogP contribution in [0.15, 0.2) is 18.2 Å². The third kappa shape index (κ3) is 1.76. The highest BCUT2D eigenvalue weighted by Crippen LogP contribution is 2.26. The molecule has 2 aromatic rings. The van der Waals surface area contributed by atoms with Crippen molar-refractivity contribution in [2.24, 2.45) is 0 Å². The van der Waals surface area contributed by atoms with Crippen LogP contribution in [0.2, 0.25) is 0 Å². The minimum Gasteiger partial charge on any atom is -0.399 e. The summed E-state index contributed by atoms with van der Waals surface area (Å²) in [5.74, 6) is 1.02. The second kappa shape index (κ2) is 3.49. The van der Waals surface area contributed by atoms with Crippen LogP contribution in [0.5, 0.6) is 0 Å². The van der Waals surface area contributed by atoms with Crippen molar-refractivity contribution in [2.45, 2.75) is 25.4 Å². The topological polar surface area (TPSA) is 57.9 Å². The number of hydrogen-bond donors (Lipinski definition) is 2. The molecule has 3 rings (SSSR count). The molecular formula is C12H16N4. The van der Waals surface area contributed by atoms with Crippen LogP contribution in [0.1, 0.15) is 18.7 Å². The Morgan fingerprint density at radius 2 is 2.31 bits per heavy atom. The van der Waals surface area contributed by atoms with Crippen LogP contribution in [-0.4, -0.2) is 28.0 Å². The highest BCUT2D eigenvalue weighted by molar-refractivity contribution is 5.78. The van der Waals surface area contributed by atoms with Crippen LogP contribution in [0.25, 0.3) is 11.0 Å². The molecule has 16 heavy (non-hydrogen) atoms. The van der Waals surface area contributed by atoms with Crippen LogP contribution >= 0.6 is 0 Å². The number of nitrogen functional groups attached to an aromatic ring is 1. The number of anilines is 1. The zero-order chi connectivity index (χ0) is 11.1. The average Bonchev–Trinajstić information content (AvgIpc) is 3.00. The van der Waals surface area contributed by atoms with Gasteiger partial charge in [0.15, 0.2) is 0 Å². The third-order valence-corrected chi connectivity index (χ3v) is 3.12. The van der Waals surface area contributed by atoms with E-state index in [1.807, 2.05) is 18.2 Å². The van der Waals surface area contributed by atoms with Gasteiger partial charge in [-0.05, 0) is 38.1 Å². The predicted octanol–water partition coefficient (Wildman–Crippen LogP) is 1.74. The fraction of sp³-hybridized carbons (Fsp3) is 0.417. The van der Waals surface area contributed by atoms with Gasteiger partial charge in [-0.25, -0.2) is 4.98 Å². The summed E-state index contributed by atoms with van der Waals surface area (Å²) < 4.78 is 0. The van der Waals surface area contributed by atoms with Crippen molar-refractivity contribution in [1.82, 2.24) is 14.9 Å². The molecule has 1 aromatic heterocycles. The number of H-pyrrole nitrogens is 1. The van der Waals surface area contributed by atoms with Gasteiger partial charge in [0.25, 0.3) is 0 Å². The summed E-state index contributed by atoms with van der Waals surface area (Å²) in [4.78, 5) is 10.2. The molecule has 4 nitrogen and oxygen atoms in total. The van der Waals surface area contributed by atoms with E-state index in [0.717, 1.165) is 35.1 Å². The van der Waals surface area contributed by atoms with Crippen LogP contribution < -0.4 is 5.73 Å². The number of nitrogens with zero attached hydrogens (tertiary/aromatic N) is 2. The van der Waals surface area contributed by atoms with Gasteiger partial charge in [-0.2, -0.15) is 0 Å². The number of nitrogens with two attached hydrogens (primary N) is 1. The Morgan fingerprint density at radius 3 is 3.06 bits per heavy atom. The standard InChI is InChI=1S/C12H16N4/c1-16(9-3-4-9)7-12-14-10-5-2-8(13)6-11(10)15-12/h2,5-6,9H,3-4,7,13H2,1H3,(H,14,15). The maximum Gasteiger partial charge on any atom is 0.121 e. The van der Waals surface area contributed by atoms with Gasteiger partial charge in [0, 0.05) is 11.7 Å².